The molecular formula is C14H15IO. The van der Waals surface area contributed by atoms with Crippen molar-refractivity contribution in [3.05, 3.63) is 66.2 Å². The fourth-order valence-corrected chi connectivity index (χ4v) is 1.63. The Bertz CT molecular complexity index is 333. The summed E-state index contributed by atoms with van der Waals surface area (Å²) in [7, 11) is 1.66. The van der Waals surface area contributed by atoms with Gasteiger partial charge in [0.25, 0.3) is 0 Å². The van der Waals surface area contributed by atoms with Gasteiger partial charge in [-0.15, -0.1) is 0 Å². The van der Waals surface area contributed by atoms with E-state index >= 15 is 0 Å². The van der Waals surface area contributed by atoms with E-state index in [-0.39, 0.29) is 0 Å². The molecule has 0 saturated carbocycles. The first-order valence-corrected chi connectivity index (χ1v) is 6.58. The van der Waals surface area contributed by atoms with Crippen molar-refractivity contribution < 1.29 is 4.74 Å². The fourth-order valence-electron chi connectivity index (χ4n) is 1.12. The molecule has 0 aliphatic heterocycles. The maximum absolute atomic E-state index is 4.91. The molecule has 2 rings (SSSR count). The number of para-hydroxylation sites is 1. The first-order chi connectivity index (χ1) is 7.86. The minimum absolute atomic E-state index is 0.910. The molecule has 2 aromatic carbocycles. The number of alkyl halides is 1. The number of ether oxygens (including phenoxy) is 1. The quantitative estimate of drug-likeness (QED) is 0.590. The molecule has 0 bridgehead atoms. The SMILES string of the molecule is COc1ccccc1.ICc1ccccc1. The van der Waals surface area contributed by atoms with Crippen molar-refractivity contribution in [2.24, 2.45) is 0 Å². The van der Waals surface area contributed by atoms with Crippen LogP contribution in [0.1, 0.15) is 5.56 Å². The summed E-state index contributed by atoms with van der Waals surface area (Å²) in [6.45, 7) is 0. The second kappa shape index (κ2) is 8.16. The summed E-state index contributed by atoms with van der Waals surface area (Å²) in [6.07, 6.45) is 0. The molecule has 2 heteroatoms. The summed E-state index contributed by atoms with van der Waals surface area (Å²) in [5, 5.41) is 0. The Kier molecular flexibility index (Phi) is 6.65. The molecule has 0 aromatic heterocycles. The van der Waals surface area contributed by atoms with E-state index < -0.39 is 0 Å². The van der Waals surface area contributed by atoms with Crippen LogP contribution < -0.4 is 4.74 Å². The molecule has 0 saturated heterocycles. The van der Waals surface area contributed by atoms with E-state index in [0.29, 0.717) is 0 Å². The summed E-state index contributed by atoms with van der Waals surface area (Å²) < 4.78 is 6.02. The zero-order chi connectivity index (χ0) is 11.6. The Morgan fingerprint density at radius 1 is 0.875 bits per heavy atom. The predicted octanol–water partition coefficient (Wildman–Crippen LogP) is 4.32. The van der Waals surface area contributed by atoms with E-state index in [1.807, 2.05) is 36.4 Å². The maximum atomic E-state index is 4.91. The van der Waals surface area contributed by atoms with Crippen molar-refractivity contribution in [2.75, 3.05) is 7.11 Å². The molecule has 0 heterocycles. The number of hydrogen-bond donors (Lipinski definition) is 0. The molecule has 0 fully saturated rings. The summed E-state index contributed by atoms with van der Waals surface area (Å²) in [5.41, 5.74) is 1.40. The van der Waals surface area contributed by atoms with Crippen LogP contribution in [0, 0.1) is 0 Å². The number of halogens is 1. The van der Waals surface area contributed by atoms with Crippen LogP contribution in [0.25, 0.3) is 0 Å². The van der Waals surface area contributed by atoms with Crippen LogP contribution in [0.5, 0.6) is 5.75 Å². The normalized spacial score (nSPS) is 8.88. The third-order valence-corrected chi connectivity index (χ3v) is 2.86. The van der Waals surface area contributed by atoms with Crippen molar-refractivity contribution >= 4 is 22.6 Å². The first-order valence-electron chi connectivity index (χ1n) is 5.05. The number of rotatable bonds is 2. The minimum Gasteiger partial charge on any atom is -0.497 e. The standard InChI is InChI=1S/C7H7I.C7H8O/c8-6-7-4-2-1-3-5-7;1-8-7-5-3-2-4-6-7/h1-5H,6H2;2-6H,1H3. The minimum atomic E-state index is 0.910. The summed E-state index contributed by atoms with van der Waals surface area (Å²) in [5.74, 6) is 0.910. The van der Waals surface area contributed by atoms with Gasteiger partial charge in [0.2, 0.25) is 0 Å². The molecule has 0 radical (unpaired) electrons. The van der Waals surface area contributed by atoms with Crippen LogP contribution in [0.4, 0.5) is 0 Å². The fraction of sp³-hybridized carbons (Fsp3) is 0.143. The van der Waals surface area contributed by atoms with Crippen molar-refractivity contribution in [3.8, 4) is 5.75 Å². The van der Waals surface area contributed by atoms with E-state index in [4.69, 9.17) is 4.74 Å². The van der Waals surface area contributed by atoms with E-state index in [1.165, 1.54) is 5.56 Å². The average molecular weight is 326 g/mol. The molecule has 0 aliphatic carbocycles. The van der Waals surface area contributed by atoms with Crippen LogP contribution in [0.2, 0.25) is 0 Å². The monoisotopic (exact) mass is 326 g/mol. The summed E-state index contributed by atoms with van der Waals surface area (Å²) in [6, 6.07) is 20.1. The lowest BCUT2D eigenvalue weighted by molar-refractivity contribution is 0.415. The number of hydrogen-bond acceptors (Lipinski definition) is 1. The third kappa shape index (κ3) is 5.16. The lowest BCUT2D eigenvalue weighted by Gasteiger charge is -1.93. The molecule has 0 unspecified atom stereocenters. The highest BCUT2D eigenvalue weighted by Crippen LogP contribution is 2.05. The molecule has 16 heavy (non-hydrogen) atoms. The molecular weight excluding hydrogens is 311 g/mol. The van der Waals surface area contributed by atoms with Crippen molar-refractivity contribution in [1.82, 2.24) is 0 Å². The molecule has 0 spiro atoms. The number of methoxy groups -OCH3 is 1. The van der Waals surface area contributed by atoms with Gasteiger partial charge in [0.05, 0.1) is 7.11 Å². The zero-order valence-corrected chi connectivity index (χ0v) is 11.4. The topological polar surface area (TPSA) is 9.23 Å². The molecule has 0 amide bonds. The Hall–Kier alpha value is -1.03. The summed E-state index contributed by atoms with van der Waals surface area (Å²) >= 11 is 2.35. The van der Waals surface area contributed by atoms with Crippen molar-refractivity contribution in [1.29, 1.82) is 0 Å². The number of benzene rings is 2. The predicted molar refractivity (Wildman–Crippen MR) is 77.2 cm³/mol. The van der Waals surface area contributed by atoms with Gasteiger partial charge in [0.15, 0.2) is 0 Å². The van der Waals surface area contributed by atoms with Gasteiger partial charge in [-0.25, -0.2) is 0 Å². The summed E-state index contributed by atoms with van der Waals surface area (Å²) in [4.78, 5) is 0. The van der Waals surface area contributed by atoms with Gasteiger partial charge in [-0.1, -0.05) is 71.1 Å². The Balaban J connectivity index is 0.000000160. The zero-order valence-electron chi connectivity index (χ0n) is 9.27. The Morgan fingerprint density at radius 2 is 1.38 bits per heavy atom. The first kappa shape index (κ1) is 13.0. The highest BCUT2D eigenvalue weighted by molar-refractivity contribution is 14.1. The Labute approximate surface area is 111 Å². The van der Waals surface area contributed by atoms with Crippen LogP contribution >= 0.6 is 22.6 Å². The van der Waals surface area contributed by atoms with E-state index in [9.17, 15) is 0 Å². The van der Waals surface area contributed by atoms with Gasteiger partial charge in [0, 0.05) is 4.43 Å². The van der Waals surface area contributed by atoms with E-state index in [0.717, 1.165) is 10.2 Å². The lowest BCUT2D eigenvalue weighted by Crippen LogP contribution is -1.78. The van der Waals surface area contributed by atoms with Crippen molar-refractivity contribution in [3.63, 3.8) is 0 Å². The van der Waals surface area contributed by atoms with Gasteiger partial charge in [-0.2, -0.15) is 0 Å². The van der Waals surface area contributed by atoms with Crippen LogP contribution in [-0.2, 0) is 4.43 Å². The van der Waals surface area contributed by atoms with E-state index in [1.54, 1.807) is 7.11 Å². The lowest BCUT2D eigenvalue weighted by atomic mass is 10.2. The molecule has 0 atom stereocenters. The van der Waals surface area contributed by atoms with Gasteiger partial charge in [-0.3, -0.25) is 0 Å². The van der Waals surface area contributed by atoms with Crippen LogP contribution in [0.15, 0.2) is 60.7 Å². The van der Waals surface area contributed by atoms with E-state index in [2.05, 4.69) is 46.9 Å². The maximum Gasteiger partial charge on any atom is 0.118 e. The van der Waals surface area contributed by atoms with Gasteiger partial charge in [0.1, 0.15) is 5.75 Å². The van der Waals surface area contributed by atoms with Crippen molar-refractivity contribution in [2.45, 2.75) is 4.43 Å². The van der Waals surface area contributed by atoms with Gasteiger partial charge < -0.3 is 4.74 Å². The Morgan fingerprint density at radius 3 is 1.69 bits per heavy atom. The highest BCUT2D eigenvalue weighted by Gasteiger charge is 1.81. The molecule has 0 aliphatic rings. The largest absolute Gasteiger partial charge is 0.497 e. The smallest absolute Gasteiger partial charge is 0.118 e. The van der Waals surface area contributed by atoms with Crippen LogP contribution in [-0.4, -0.2) is 7.11 Å². The third-order valence-electron chi connectivity index (χ3n) is 1.98. The molecule has 0 N–H and O–H groups in total. The average Bonchev–Trinajstić information content (AvgIpc) is 2.41. The molecule has 2 aromatic rings. The highest BCUT2D eigenvalue weighted by atomic mass is 127. The molecule has 1 nitrogen and oxygen atoms in total. The second-order valence-corrected chi connectivity index (χ2v) is 3.90. The molecule has 84 valence electrons. The van der Waals surface area contributed by atoms with Gasteiger partial charge in [-0.05, 0) is 17.7 Å². The van der Waals surface area contributed by atoms with Crippen LogP contribution in [0.3, 0.4) is 0 Å². The second-order valence-electron chi connectivity index (χ2n) is 3.14. The van der Waals surface area contributed by atoms with Gasteiger partial charge >= 0.3 is 0 Å².